The number of unbranched alkanes of at least 4 members (excludes halogenated alkanes) is 62. The summed E-state index contributed by atoms with van der Waals surface area (Å²) < 4.78 is 33.3. The van der Waals surface area contributed by atoms with Crippen LogP contribution in [0, 0.1) is 0 Å². The summed E-state index contributed by atoms with van der Waals surface area (Å²) in [6.45, 7) is 3.84. The standard InChI is InChI=1S/C81H158NO8P/c1-3-5-7-9-11-13-15-17-19-21-23-25-27-29-31-33-35-36-37-38-39-40-41-42-44-46-48-50-52-54-56-58-60-62-64-66-68-70-72-74-81(84)90-79(78-89-91(85,86)88-76-75-82)77-87-80(83)73-71-69-67-65-63-61-59-57-55-53-51-49-47-45-43-34-32-30-28-26-24-22-20-18-16-14-12-10-8-6-4-2/h21-24,79H,3-20,25-78,82H2,1-2H3,(H,85,86)/b23-21-,24-22-. The third-order valence-electron chi connectivity index (χ3n) is 18.8. The van der Waals surface area contributed by atoms with E-state index in [2.05, 4.69) is 38.2 Å². The van der Waals surface area contributed by atoms with E-state index in [4.69, 9.17) is 24.3 Å². The Labute approximate surface area is 567 Å². The Kier molecular flexibility index (Phi) is 76.2. The third kappa shape index (κ3) is 77.4. The number of carbonyl (C=O) groups is 2. The topological polar surface area (TPSA) is 134 Å². The van der Waals surface area contributed by atoms with Crippen LogP contribution in [0.3, 0.4) is 0 Å². The molecule has 0 heterocycles. The third-order valence-corrected chi connectivity index (χ3v) is 19.8. The number of nitrogens with two attached hydrogens (primary N) is 1. The van der Waals surface area contributed by atoms with E-state index in [0.29, 0.717) is 6.42 Å². The molecule has 0 aliphatic carbocycles. The predicted molar refractivity (Wildman–Crippen MR) is 395 cm³/mol. The van der Waals surface area contributed by atoms with Crippen molar-refractivity contribution < 1.29 is 37.6 Å². The Morgan fingerprint density at radius 1 is 0.319 bits per heavy atom. The Balaban J connectivity index is 3.73. The van der Waals surface area contributed by atoms with E-state index in [9.17, 15) is 19.0 Å². The first-order valence-electron chi connectivity index (χ1n) is 40.8. The zero-order valence-electron chi connectivity index (χ0n) is 61.1. The fourth-order valence-electron chi connectivity index (χ4n) is 12.8. The maximum atomic E-state index is 12.8. The van der Waals surface area contributed by atoms with Crippen LogP contribution < -0.4 is 5.73 Å². The summed E-state index contributed by atoms with van der Waals surface area (Å²) in [5, 5.41) is 0. The van der Waals surface area contributed by atoms with Crippen LogP contribution in [0.2, 0.25) is 0 Å². The van der Waals surface area contributed by atoms with E-state index in [1.807, 2.05) is 0 Å². The highest BCUT2D eigenvalue weighted by molar-refractivity contribution is 7.47. The lowest BCUT2D eigenvalue weighted by molar-refractivity contribution is -0.161. The second-order valence-electron chi connectivity index (χ2n) is 28.0. The Bertz CT molecular complexity index is 1540. The zero-order valence-corrected chi connectivity index (χ0v) is 62.0. The molecule has 0 saturated heterocycles. The molecule has 0 rings (SSSR count). The molecule has 0 aromatic rings. The van der Waals surface area contributed by atoms with Crippen molar-refractivity contribution in [3.63, 3.8) is 0 Å². The largest absolute Gasteiger partial charge is 0.472 e. The van der Waals surface area contributed by atoms with Gasteiger partial charge in [0.25, 0.3) is 0 Å². The van der Waals surface area contributed by atoms with Crippen LogP contribution in [0.25, 0.3) is 0 Å². The van der Waals surface area contributed by atoms with Crippen molar-refractivity contribution >= 4 is 19.8 Å². The SMILES string of the molecule is CCCCCCCCCC/C=C\CCCCCCCCCCCCCCCCCCCCCCCCCCCCCC(=O)OC(COC(=O)CCCCCCCCCCCCCCCCCCCCC/C=C\CCCCCCCCCC)COP(=O)(O)OCCN. The van der Waals surface area contributed by atoms with Gasteiger partial charge in [-0.2, -0.15) is 0 Å². The summed E-state index contributed by atoms with van der Waals surface area (Å²) in [5.74, 6) is -0.798. The number of phosphoric acid groups is 1. The first-order chi connectivity index (χ1) is 44.8. The number of rotatable bonds is 79. The minimum atomic E-state index is -4.39. The molecule has 2 unspecified atom stereocenters. The van der Waals surface area contributed by atoms with Gasteiger partial charge >= 0.3 is 19.8 Å². The number of phosphoric ester groups is 1. The predicted octanol–water partition coefficient (Wildman–Crippen LogP) is 27.2. The van der Waals surface area contributed by atoms with Crippen LogP contribution in [-0.2, 0) is 32.7 Å². The molecule has 0 radical (unpaired) electrons. The van der Waals surface area contributed by atoms with E-state index in [1.54, 1.807) is 0 Å². The maximum Gasteiger partial charge on any atom is 0.472 e. The van der Waals surface area contributed by atoms with Gasteiger partial charge in [0.2, 0.25) is 0 Å². The lowest BCUT2D eigenvalue weighted by Crippen LogP contribution is -2.29. The fraction of sp³-hybridized carbons (Fsp3) is 0.926. The van der Waals surface area contributed by atoms with Crippen molar-refractivity contribution in [1.82, 2.24) is 0 Å². The van der Waals surface area contributed by atoms with Gasteiger partial charge in [-0.1, -0.05) is 398 Å². The molecule has 0 aliphatic heterocycles. The van der Waals surface area contributed by atoms with Crippen molar-refractivity contribution in [3.05, 3.63) is 24.3 Å². The molecular formula is C81H158NO8P. The molecular weight excluding hydrogens is 1150 g/mol. The first-order valence-corrected chi connectivity index (χ1v) is 42.3. The summed E-state index contributed by atoms with van der Waals surface area (Å²) in [7, 11) is -4.39. The van der Waals surface area contributed by atoms with Gasteiger partial charge < -0.3 is 20.1 Å². The molecule has 10 heteroatoms. The Hall–Kier alpha value is -1.51. The first kappa shape index (κ1) is 89.5. The van der Waals surface area contributed by atoms with E-state index in [-0.39, 0.29) is 38.6 Å². The van der Waals surface area contributed by atoms with Gasteiger partial charge in [-0.15, -0.1) is 0 Å². The minimum absolute atomic E-state index is 0.0574. The smallest absolute Gasteiger partial charge is 0.462 e. The highest BCUT2D eigenvalue weighted by Crippen LogP contribution is 2.43. The van der Waals surface area contributed by atoms with Crippen molar-refractivity contribution in [2.24, 2.45) is 5.73 Å². The maximum absolute atomic E-state index is 12.8. The fourth-order valence-corrected chi connectivity index (χ4v) is 13.5. The van der Waals surface area contributed by atoms with E-state index < -0.39 is 26.5 Å². The van der Waals surface area contributed by atoms with Gasteiger partial charge in [0.15, 0.2) is 6.10 Å². The molecule has 0 saturated carbocycles. The normalized spacial score (nSPS) is 12.9. The molecule has 3 N–H and O–H groups in total. The van der Waals surface area contributed by atoms with Gasteiger partial charge in [0.1, 0.15) is 6.61 Å². The lowest BCUT2D eigenvalue weighted by atomic mass is 10.0. The molecule has 0 spiro atoms. The van der Waals surface area contributed by atoms with Crippen molar-refractivity contribution in [3.8, 4) is 0 Å². The number of allylic oxidation sites excluding steroid dienone is 4. The van der Waals surface area contributed by atoms with Crippen molar-refractivity contribution in [1.29, 1.82) is 0 Å². The highest BCUT2D eigenvalue weighted by Gasteiger charge is 2.26. The molecule has 91 heavy (non-hydrogen) atoms. The summed E-state index contributed by atoms with van der Waals surface area (Å²) >= 11 is 0. The second-order valence-corrected chi connectivity index (χ2v) is 29.4. The summed E-state index contributed by atoms with van der Waals surface area (Å²) in [4.78, 5) is 35.5. The summed E-state index contributed by atoms with van der Waals surface area (Å²) in [5.41, 5.74) is 5.42. The number of ether oxygens (including phenoxy) is 2. The Morgan fingerprint density at radius 3 is 0.780 bits per heavy atom. The molecule has 2 atom stereocenters. The molecule has 540 valence electrons. The molecule has 0 fully saturated rings. The molecule has 0 bridgehead atoms. The van der Waals surface area contributed by atoms with Crippen molar-refractivity contribution in [2.45, 2.75) is 457 Å². The van der Waals surface area contributed by atoms with Gasteiger partial charge in [-0.05, 0) is 64.2 Å². The van der Waals surface area contributed by atoms with Crippen LogP contribution >= 0.6 is 7.82 Å². The molecule has 0 aromatic heterocycles. The van der Waals surface area contributed by atoms with Crippen molar-refractivity contribution in [2.75, 3.05) is 26.4 Å². The number of hydrogen-bond donors (Lipinski definition) is 2. The zero-order chi connectivity index (χ0) is 65.8. The van der Waals surface area contributed by atoms with Gasteiger partial charge in [0, 0.05) is 19.4 Å². The second kappa shape index (κ2) is 77.5. The molecule has 9 nitrogen and oxygen atoms in total. The van der Waals surface area contributed by atoms with Crippen LogP contribution in [0.4, 0.5) is 0 Å². The van der Waals surface area contributed by atoms with Crippen LogP contribution in [-0.4, -0.2) is 49.3 Å². The van der Waals surface area contributed by atoms with Crippen LogP contribution in [0.15, 0.2) is 24.3 Å². The monoisotopic (exact) mass is 1300 g/mol. The van der Waals surface area contributed by atoms with Gasteiger partial charge in [-0.3, -0.25) is 18.6 Å². The summed E-state index contributed by atoms with van der Waals surface area (Å²) in [6.07, 6.45) is 97.7. The minimum Gasteiger partial charge on any atom is -0.462 e. The van der Waals surface area contributed by atoms with E-state index >= 15 is 0 Å². The summed E-state index contributed by atoms with van der Waals surface area (Å²) in [6, 6.07) is 0. The van der Waals surface area contributed by atoms with Gasteiger partial charge in [-0.25, -0.2) is 4.57 Å². The Morgan fingerprint density at radius 2 is 0.538 bits per heavy atom. The molecule has 0 aliphatic rings. The number of hydrogen-bond acceptors (Lipinski definition) is 8. The molecule has 0 aromatic carbocycles. The average molecular weight is 1310 g/mol. The van der Waals surface area contributed by atoms with Gasteiger partial charge in [0.05, 0.1) is 13.2 Å². The highest BCUT2D eigenvalue weighted by atomic mass is 31.2. The quantitative estimate of drug-likeness (QED) is 0.0264. The average Bonchev–Trinajstić information content (AvgIpc) is 3.71. The van der Waals surface area contributed by atoms with E-state index in [1.165, 1.54) is 385 Å². The lowest BCUT2D eigenvalue weighted by Gasteiger charge is -2.19. The number of esters is 2. The van der Waals surface area contributed by atoms with Crippen LogP contribution in [0.1, 0.15) is 450 Å². The van der Waals surface area contributed by atoms with Crippen LogP contribution in [0.5, 0.6) is 0 Å². The number of carbonyl (C=O) groups excluding carboxylic acids is 2. The van der Waals surface area contributed by atoms with E-state index in [0.717, 1.165) is 32.1 Å². The molecule has 0 amide bonds.